The van der Waals surface area contributed by atoms with Crippen LogP contribution in [-0.4, -0.2) is 24.8 Å². The molecule has 126 valence electrons. The predicted molar refractivity (Wildman–Crippen MR) is 95.9 cm³/mol. The van der Waals surface area contributed by atoms with Crippen LogP contribution in [0.1, 0.15) is 23.6 Å². The Kier molecular flexibility index (Phi) is 5.88. The van der Waals surface area contributed by atoms with Gasteiger partial charge in [0.15, 0.2) is 11.5 Å². The molecule has 0 aliphatic rings. The van der Waals surface area contributed by atoms with Crippen LogP contribution in [0.2, 0.25) is 5.02 Å². The number of carboxylic acid groups (broad SMARTS) is 1. The molecule has 0 atom stereocenters. The van der Waals surface area contributed by atoms with E-state index in [2.05, 4.69) is 0 Å². The van der Waals surface area contributed by atoms with Crippen LogP contribution in [0.3, 0.4) is 0 Å². The van der Waals surface area contributed by atoms with E-state index in [4.69, 9.17) is 21.1 Å². The summed E-state index contributed by atoms with van der Waals surface area (Å²) in [4.78, 5) is 11.6. The molecule has 0 radical (unpaired) electrons. The van der Waals surface area contributed by atoms with Crippen LogP contribution in [0.5, 0.6) is 11.5 Å². The van der Waals surface area contributed by atoms with Gasteiger partial charge in [0.2, 0.25) is 0 Å². The number of halogens is 1. The number of methoxy groups -OCH3 is 1. The van der Waals surface area contributed by atoms with Crippen LogP contribution in [-0.2, 0) is 4.79 Å². The largest absolute Gasteiger partial charge is 0.493 e. The zero-order valence-corrected chi connectivity index (χ0v) is 14.6. The molecule has 0 aliphatic heterocycles. The van der Waals surface area contributed by atoms with Gasteiger partial charge in [0.1, 0.15) is 0 Å². The van der Waals surface area contributed by atoms with Gasteiger partial charge in [0, 0.05) is 0 Å². The first kappa shape index (κ1) is 17.9. The second-order valence-corrected chi connectivity index (χ2v) is 5.60. The van der Waals surface area contributed by atoms with E-state index in [0.29, 0.717) is 34.3 Å². The van der Waals surface area contributed by atoms with Crippen molar-refractivity contribution in [2.75, 3.05) is 13.7 Å². The third-order valence-electron chi connectivity index (χ3n) is 3.44. The van der Waals surface area contributed by atoms with E-state index in [-0.39, 0.29) is 5.57 Å². The minimum Gasteiger partial charge on any atom is -0.493 e. The van der Waals surface area contributed by atoms with E-state index >= 15 is 0 Å². The molecule has 2 aromatic carbocycles. The number of aryl methyl sites for hydroxylation is 1. The maximum atomic E-state index is 11.6. The van der Waals surface area contributed by atoms with Gasteiger partial charge in [-0.05, 0) is 43.2 Å². The molecule has 0 aliphatic carbocycles. The molecule has 0 amide bonds. The number of hydrogen-bond acceptors (Lipinski definition) is 3. The molecular weight excluding hydrogens is 328 g/mol. The molecule has 0 bridgehead atoms. The highest BCUT2D eigenvalue weighted by Crippen LogP contribution is 2.37. The molecular formula is C19H19ClO4. The highest BCUT2D eigenvalue weighted by atomic mass is 35.5. The minimum atomic E-state index is -1.01. The topological polar surface area (TPSA) is 55.8 Å². The molecule has 0 saturated heterocycles. The van der Waals surface area contributed by atoms with Gasteiger partial charge in [-0.2, -0.15) is 0 Å². The van der Waals surface area contributed by atoms with Gasteiger partial charge >= 0.3 is 5.97 Å². The molecule has 2 rings (SSSR count). The Hall–Kier alpha value is -2.46. The van der Waals surface area contributed by atoms with Crippen molar-refractivity contribution in [1.29, 1.82) is 0 Å². The summed E-state index contributed by atoms with van der Waals surface area (Å²) in [7, 11) is 1.51. The summed E-state index contributed by atoms with van der Waals surface area (Å²) in [6.07, 6.45) is 1.57. The zero-order valence-electron chi connectivity index (χ0n) is 13.8. The lowest BCUT2D eigenvalue weighted by Crippen LogP contribution is -2.00. The average molecular weight is 347 g/mol. The summed E-state index contributed by atoms with van der Waals surface area (Å²) < 4.78 is 10.8. The quantitative estimate of drug-likeness (QED) is 0.609. The number of rotatable bonds is 6. The molecule has 0 heterocycles. The number of hydrogen-bond donors (Lipinski definition) is 1. The van der Waals surface area contributed by atoms with Crippen LogP contribution in [0.15, 0.2) is 36.4 Å². The Labute approximate surface area is 146 Å². The Balaban J connectivity index is 2.52. The van der Waals surface area contributed by atoms with Gasteiger partial charge in [-0.25, -0.2) is 4.79 Å². The van der Waals surface area contributed by atoms with Crippen LogP contribution in [0.25, 0.3) is 11.6 Å². The second kappa shape index (κ2) is 7.88. The standard InChI is InChI=1S/C19H19ClO4/c1-4-24-18-16(20)10-13(11-17(18)23-3)9-15(19(21)22)14-7-5-12(2)6-8-14/h5-11H,4H2,1-3H3,(H,21,22)/b15-9-. The molecule has 24 heavy (non-hydrogen) atoms. The van der Waals surface area contributed by atoms with Crippen molar-refractivity contribution in [2.45, 2.75) is 13.8 Å². The SMILES string of the molecule is CCOc1c(Cl)cc(/C=C(\C(=O)O)c2ccc(C)cc2)cc1OC. The lowest BCUT2D eigenvalue weighted by atomic mass is 10.0. The van der Waals surface area contributed by atoms with E-state index in [1.54, 1.807) is 30.3 Å². The maximum absolute atomic E-state index is 11.6. The van der Waals surface area contributed by atoms with Crippen LogP contribution in [0.4, 0.5) is 0 Å². The first-order valence-corrected chi connectivity index (χ1v) is 7.86. The van der Waals surface area contributed by atoms with Crippen molar-refractivity contribution in [3.8, 4) is 11.5 Å². The monoisotopic (exact) mass is 346 g/mol. The zero-order chi connectivity index (χ0) is 17.7. The van der Waals surface area contributed by atoms with E-state index in [0.717, 1.165) is 5.56 Å². The van der Waals surface area contributed by atoms with Gasteiger partial charge < -0.3 is 14.6 Å². The first-order valence-electron chi connectivity index (χ1n) is 7.48. The normalized spacial score (nSPS) is 11.2. The predicted octanol–water partition coefficient (Wildman–Crippen LogP) is 4.68. The van der Waals surface area contributed by atoms with Crippen molar-refractivity contribution in [2.24, 2.45) is 0 Å². The summed E-state index contributed by atoms with van der Waals surface area (Å²) in [5.41, 5.74) is 2.49. The number of carbonyl (C=O) groups is 1. The highest BCUT2D eigenvalue weighted by Gasteiger charge is 2.14. The molecule has 1 N–H and O–H groups in total. The van der Waals surface area contributed by atoms with E-state index < -0.39 is 5.97 Å². The van der Waals surface area contributed by atoms with Crippen LogP contribution < -0.4 is 9.47 Å². The summed E-state index contributed by atoms with van der Waals surface area (Å²) in [6.45, 7) is 4.25. The third-order valence-corrected chi connectivity index (χ3v) is 3.73. The summed E-state index contributed by atoms with van der Waals surface area (Å²) in [6, 6.07) is 10.7. The van der Waals surface area contributed by atoms with Crippen molar-refractivity contribution < 1.29 is 19.4 Å². The Morgan fingerprint density at radius 3 is 2.46 bits per heavy atom. The summed E-state index contributed by atoms with van der Waals surface area (Å²) in [5.74, 6) is -0.0990. The smallest absolute Gasteiger partial charge is 0.336 e. The van der Waals surface area contributed by atoms with Crippen LogP contribution in [0, 0.1) is 6.92 Å². The number of ether oxygens (including phenoxy) is 2. The average Bonchev–Trinajstić information content (AvgIpc) is 2.55. The van der Waals surface area contributed by atoms with Gasteiger partial charge in [-0.1, -0.05) is 41.4 Å². The van der Waals surface area contributed by atoms with Gasteiger partial charge in [-0.3, -0.25) is 0 Å². The van der Waals surface area contributed by atoms with Crippen molar-refractivity contribution in [1.82, 2.24) is 0 Å². The molecule has 4 nitrogen and oxygen atoms in total. The molecule has 2 aromatic rings. The first-order chi connectivity index (χ1) is 11.5. The molecule has 0 saturated carbocycles. The molecule has 5 heteroatoms. The van der Waals surface area contributed by atoms with Gasteiger partial charge in [0.25, 0.3) is 0 Å². The van der Waals surface area contributed by atoms with Crippen molar-refractivity contribution in [3.63, 3.8) is 0 Å². The third kappa shape index (κ3) is 4.09. The van der Waals surface area contributed by atoms with E-state index in [9.17, 15) is 9.90 Å². The number of carboxylic acids is 1. The molecule has 0 unspecified atom stereocenters. The fraction of sp³-hybridized carbons (Fsp3) is 0.211. The highest BCUT2D eigenvalue weighted by molar-refractivity contribution is 6.32. The lowest BCUT2D eigenvalue weighted by Gasteiger charge is -2.12. The molecule has 0 spiro atoms. The maximum Gasteiger partial charge on any atom is 0.336 e. The van der Waals surface area contributed by atoms with Gasteiger partial charge in [0.05, 0.1) is 24.3 Å². The van der Waals surface area contributed by atoms with Crippen molar-refractivity contribution >= 4 is 29.2 Å². The number of benzene rings is 2. The fourth-order valence-electron chi connectivity index (χ4n) is 2.28. The van der Waals surface area contributed by atoms with E-state index in [1.807, 2.05) is 26.0 Å². The number of aliphatic carboxylic acids is 1. The Morgan fingerprint density at radius 1 is 1.25 bits per heavy atom. The van der Waals surface area contributed by atoms with Gasteiger partial charge in [-0.15, -0.1) is 0 Å². The minimum absolute atomic E-state index is 0.178. The fourth-order valence-corrected chi connectivity index (χ4v) is 2.55. The van der Waals surface area contributed by atoms with E-state index in [1.165, 1.54) is 7.11 Å². The Morgan fingerprint density at radius 2 is 1.92 bits per heavy atom. The molecule has 0 aromatic heterocycles. The lowest BCUT2D eigenvalue weighted by molar-refractivity contribution is -0.130. The van der Waals surface area contributed by atoms with Crippen molar-refractivity contribution in [3.05, 3.63) is 58.1 Å². The summed E-state index contributed by atoms with van der Waals surface area (Å²) >= 11 is 6.24. The molecule has 0 fully saturated rings. The summed E-state index contributed by atoms with van der Waals surface area (Å²) in [5, 5.41) is 9.91. The second-order valence-electron chi connectivity index (χ2n) is 5.20. The Bertz CT molecular complexity index is 764. The van der Waals surface area contributed by atoms with Crippen LogP contribution >= 0.6 is 11.6 Å².